The van der Waals surface area contributed by atoms with Gasteiger partial charge in [0.1, 0.15) is 19.0 Å². The number of anilines is 1. The molecule has 0 atom stereocenters. The van der Waals surface area contributed by atoms with Gasteiger partial charge in [-0.25, -0.2) is 4.98 Å². The molecule has 3 heterocycles. The first-order valence-electron chi connectivity index (χ1n) is 8.35. The van der Waals surface area contributed by atoms with Gasteiger partial charge in [0, 0.05) is 31.4 Å². The number of amidine groups is 1. The summed E-state index contributed by atoms with van der Waals surface area (Å²) in [4.78, 5) is 35.6. The molecule has 0 fully saturated rings. The molecule has 1 aromatic heterocycles. The second-order valence-corrected chi connectivity index (χ2v) is 6.32. The maximum Gasteiger partial charge on any atom is 0.297 e. The molecular weight excluding hydrogens is 332 g/mol. The van der Waals surface area contributed by atoms with Crippen LogP contribution in [-0.4, -0.2) is 61.2 Å². The third-order valence-corrected chi connectivity index (χ3v) is 4.57. The fourth-order valence-electron chi connectivity index (χ4n) is 3.11. The number of amides is 1. The Labute approximate surface area is 150 Å². The number of likely N-dealkylation sites (N-methyl/N-ethyl adjacent to an activating group) is 2. The summed E-state index contributed by atoms with van der Waals surface area (Å²) in [7, 11) is 3.55. The van der Waals surface area contributed by atoms with E-state index in [1.807, 2.05) is 43.6 Å². The van der Waals surface area contributed by atoms with Crippen molar-refractivity contribution in [3.05, 3.63) is 42.1 Å². The molecule has 0 unspecified atom stereocenters. The third kappa shape index (κ3) is 2.71. The van der Waals surface area contributed by atoms with Crippen LogP contribution >= 0.6 is 0 Å². The first kappa shape index (κ1) is 16.3. The van der Waals surface area contributed by atoms with Crippen molar-refractivity contribution in [3.63, 3.8) is 0 Å². The van der Waals surface area contributed by atoms with Gasteiger partial charge in [-0.2, -0.15) is 0 Å². The number of benzene rings is 1. The molecule has 0 saturated carbocycles. The lowest BCUT2D eigenvalue weighted by molar-refractivity contribution is -0.141. The van der Waals surface area contributed by atoms with Crippen molar-refractivity contribution < 1.29 is 14.3 Å². The summed E-state index contributed by atoms with van der Waals surface area (Å²) in [5.74, 6) is 1.06. The zero-order valence-corrected chi connectivity index (χ0v) is 14.6. The van der Waals surface area contributed by atoms with Crippen molar-refractivity contribution in [2.45, 2.75) is 0 Å². The molecule has 0 spiro atoms. The lowest BCUT2D eigenvalue weighted by Gasteiger charge is -2.26. The minimum Gasteiger partial charge on any atom is -0.488 e. The van der Waals surface area contributed by atoms with Gasteiger partial charge in [-0.05, 0) is 17.7 Å². The van der Waals surface area contributed by atoms with Crippen LogP contribution in [0.3, 0.4) is 0 Å². The normalized spacial score (nSPS) is 16.9. The second kappa shape index (κ2) is 6.25. The van der Waals surface area contributed by atoms with E-state index in [1.165, 1.54) is 4.90 Å². The Morgan fingerprint density at radius 1 is 1.08 bits per heavy atom. The van der Waals surface area contributed by atoms with Crippen LogP contribution in [0.5, 0.6) is 5.75 Å². The lowest BCUT2D eigenvalue weighted by atomic mass is 10.0. The monoisotopic (exact) mass is 350 g/mol. The molecule has 2 aliphatic rings. The number of ether oxygens (including phenoxy) is 1. The molecule has 1 amide bonds. The van der Waals surface area contributed by atoms with E-state index in [2.05, 4.69) is 14.9 Å². The number of fused-ring (bicyclic) bond motifs is 1. The van der Waals surface area contributed by atoms with Gasteiger partial charge in [-0.15, -0.1) is 0 Å². The number of Topliss-reactive ketones (excluding diaryl/α,β-unsaturated/α-hetero) is 1. The Bertz CT molecular complexity index is 938. The fourth-order valence-corrected chi connectivity index (χ4v) is 3.11. The van der Waals surface area contributed by atoms with Gasteiger partial charge in [-0.1, -0.05) is 18.2 Å². The Morgan fingerprint density at radius 2 is 1.88 bits per heavy atom. The van der Waals surface area contributed by atoms with Gasteiger partial charge in [0.15, 0.2) is 11.6 Å². The Morgan fingerprint density at radius 3 is 2.73 bits per heavy atom. The van der Waals surface area contributed by atoms with Crippen LogP contribution in [0.25, 0.3) is 11.1 Å². The zero-order chi connectivity index (χ0) is 18.3. The van der Waals surface area contributed by atoms with Crippen molar-refractivity contribution in [1.82, 2.24) is 9.88 Å². The molecule has 7 nitrogen and oxygen atoms in total. The van der Waals surface area contributed by atoms with Crippen molar-refractivity contribution in [1.29, 1.82) is 0 Å². The molecule has 132 valence electrons. The molecule has 4 rings (SSSR count). The van der Waals surface area contributed by atoms with E-state index in [0.29, 0.717) is 12.4 Å². The topological polar surface area (TPSA) is 75.1 Å². The highest BCUT2D eigenvalue weighted by Crippen LogP contribution is 2.33. The van der Waals surface area contributed by atoms with E-state index >= 15 is 0 Å². The van der Waals surface area contributed by atoms with Gasteiger partial charge in [0.25, 0.3) is 5.91 Å². The molecule has 2 aliphatic heterocycles. The molecular formula is C19H18N4O3. The predicted octanol–water partition coefficient (Wildman–Crippen LogP) is 1.36. The van der Waals surface area contributed by atoms with Crippen molar-refractivity contribution in [2.24, 2.45) is 4.99 Å². The average molecular weight is 350 g/mol. The van der Waals surface area contributed by atoms with Crippen LogP contribution in [0.4, 0.5) is 5.82 Å². The third-order valence-electron chi connectivity index (χ3n) is 4.57. The first-order valence-corrected chi connectivity index (χ1v) is 8.35. The van der Waals surface area contributed by atoms with E-state index < -0.39 is 11.7 Å². The Hall–Kier alpha value is -3.22. The van der Waals surface area contributed by atoms with E-state index in [9.17, 15) is 9.59 Å². The van der Waals surface area contributed by atoms with Crippen molar-refractivity contribution >= 4 is 23.3 Å². The van der Waals surface area contributed by atoms with E-state index in [4.69, 9.17) is 4.74 Å². The quantitative estimate of drug-likeness (QED) is 0.765. The summed E-state index contributed by atoms with van der Waals surface area (Å²) >= 11 is 0. The summed E-state index contributed by atoms with van der Waals surface area (Å²) in [6.45, 7) is 1.34. The molecule has 0 bridgehead atoms. The smallest absolute Gasteiger partial charge is 0.297 e. The second-order valence-electron chi connectivity index (χ2n) is 6.32. The highest BCUT2D eigenvalue weighted by molar-refractivity contribution is 6.42. The maximum absolute atomic E-state index is 11.9. The lowest BCUT2D eigenvalue weighted by Crippen LogP contribution is -2.43. The number of hydrogen-bond donors (Lipinski definition) is 0. The number of aromatic nitrogens is 1. The largest absolute Gasteiger partial charge is 0.488 e. The first-order chi connectivity index (χ1) is 12.5. The highest BCUT2D eigenvalue weighted by atomic mass is 16.5. The molecule has 0 radical (unpaired) electrons. The van der Waals surface area contributed by atoms with Crippen LogP contribution in [0.2, 0.25) is 0 Å². The van der Waals surface area contributed by atoms with E-state index in [-0.39, 0.29) is 6.54 Å². The standard InChI is InChI=1S/C19H18N4O3/c1-22-6-7-26-16-9-14(10-20-18(16)22)12-4-3-5-13(8-12)17-21-11-15(24)19(25)23(17)2/h3-5,8-10H,6-7,11H2,1-2H3. The summed E-state index contributed by atoms with van der Waals surface area (Å²) in [6, 6.07) is 9.65. The van der Waals surface area contributed by atoms with Crippen LogP contribution in [-0.2, 0) is 9.59 Å². The number of nitrogens with zero attached hydrogens (tertiary/aromatic N) is 4. The number of carbonyl (C=O) groups excluding carboxylic acids is 2. The number of aliphatic imine (C=N–C) groups is 1. The number of carbonyl (C=O) groups is 2. The van der Waals surface area contributed by atoms with Crippen LogP contribution < -0.4 is 9.64 Å². The van der Waals surface area contributed by atoms with Crippen LogP contribution in [0, 0.1) is 0 Å². The molecule has 0 aliphatic carbocycles. The highest BCUT2D eigenvalue weighted by Gasteiger charge is 2.27. The van der Waals surface area contributed by atoms with Gasteiger partial charge in [-0.3, -0.25) is 19.5 Å². The van der Waals surface area contributed by atoms with Gasteiger partial charge < -0.3 is 9.64 Å². The van der Waals surface area contributed by atoms with Crippen molar-refractivity contribution in [3.8, 4) is 16.9 Å². The van der Waals surface area contributed by atoms with Gasteiger partial charge in [0.05, 0.1) is 6.54 Å². The Balaban J connectivity index is 1.71. The van der Waals surface area contributed by atoms with Gasteiger partial charge >= 0.3 is 0 Å². The Kier molecular flexibility index (Phi) is 3.91. The average Bonchev–Trinajstić information content (AvgIpc) is 2.66. The van der Waals surface area contributed by atoms with E-state index in [1.54, 1.807) is 7.05 Å². The molecule has 2 aromatic rings. The van der Waals surface area contributed by atoms with Crippen LogP contribution in [0.1, 0.15) is 5.56 Å². The number of hydrogen-bond acceptors (Lipinski definition) is 6. The number of rotatable bonds is 2. The molecule has 0 N–H and O–H groups in total. The van der Waals surface area contributed by atoms with Gasteiger partial charge in [0.2, 0.25) is 5.78 Å². The molecule has 0 saturated heterocycles. The zero-order valence-electron chi connectivity index (χ0n) is 14.6. The number of ketones is 1. The summed E-state index contributed by atoms with van der Waals surface area (Å²) in [5.41, 5.74) is 2.64. The number of pyridine rings is 1. The van der Waals surface area contributed by atoms with Crippen molar-refractivity contribution in [2.75, 3.05) is 38.7 Å². The molecule has 7 heteroatoms. The fraction of sp³-hybridized carbons (Fsp3) is 0.263. The minimum atomic E-state index is -0.535. The predicted molar refractivity (Wildman–Crippen MR) is 97.6 cm³/mol. The minimum absolute atomic E-state index is 0.108. The molecule has 26 heavy (non-hydrogen) atoms. The maximum atomic E-state index is 11.9. The summed E-state index contributed by atoms with van der Waals surface area (Å²) in [5, 5.41) is 0. The summed E-state index contributed by atoms with van der Waals surface area (Å²) in [6.07, 6.45) is 1.81. The molecule has 1 aromatic carbocycles. The van der Waals surface area contributed by atoms with Crippen LogP contribution in [0.15, 0.2) is 41.5 Å². The SMILES string of the molecule is CN1C(=O)C(=O)CN=C1c1cccc(-c2cnc3c(c2)OCCN3C)c1. The summed E-state index contributed by atoms with van der Waals surface area (Å²) < 4.78 is 5.73. The van der Waals surface area contributed by atoms with E-state index in [0.717, 1.165) is 34.8 Å².